The Morgan fingerprint density at radius 3 is 2.22 bits per heavy atom. The summed E-state index contributed by atoms with van der Waals surface area (Å²) in [7, 11) is 0. The quantitative estimate of drug-likeness (QED) is 0.430. The Bertz CT molecular complexity index is 1040. The van der Waals surface area contributed by atoms with E-state index >= 15 is 0 Å². The van der Waals surface area contributed by atoms with E-state index < -0.39 is 5.78 Å². The van der Waals surface area contributed by atoms with Crippen molar-refractivity contribution in [3.8, 4) is 11.5 Å². The standard InChI is InChI=1S/C19H14Cl2N2O4/c1-9-18(22-10-2-4-14(24)12(20)6-10)16(26)8-17(27)19(9)23-11-3-5-15(25)13(21)7-11/h2-8,22,24-26H,1H3. The number of phenolic OH excluding ortho intramolecular Hbond substituents is 2. The van der Waals surface area contributed by atoms with Gasteiger partial charge in [0.25, 0.3) is 0 Å². The van der Waals surface area contributed by atoms with Gasteiger partial charge in [0.1, 0.15) is 23.0 Å². The Hall–Kier alpha value is -2.96. The van der Waals surface area contributed by atoms with Gasteiger partial charge in [0.05, 0.1) is 21.4 Å². The third-order valence-electron chi connectivity index (χ3n) is 3.88. The van der Waals surface area contributed by atoms with Crippen LogP contribution in [0.4, 0.5) is 11.4 Å². The van der Waals surface area contributed by atoms with E-state index in [1.165, 1.54) is 30.3 Å². The summed E-state index contributed by atoms with van der Waals surface area (Å²) in [5.41, 5.74) is 1.69. The number of anilines is 1. The first-order valence-corrected chi connectivity index (χ1v) is 8.51. The molecule has 0 heterocycles. The van der Waals surface area contributed by atoms with Crippen molar-refractivity contribution in [1.82, 2.24) is 0 Å². The number of hydrogen-bond donors (Lipinski definition) is 4. The van der Waals surface area contributed by atoms with Gasteiger partial charge in [-0.2, -0.15) is 0 Å². The second kappa shape index (κ2) is 7.34. The zero-order valence-electron chi connectivity index (χ0n) is 14.0. The van der Waals surface area contributed by atoms with Gasteiger partial charge in [-0.3, -0.25) is 4.79 Å². The van der Waals surface area contributed by atoms with Crippen LogP contribution in [0.1, 0.15) is 6.92 Å². The number of halogens is 2. The zero-order valence-corrected chi connectivity index (χ0v) is 15.5. The molecule has 0 unspecified atom stereocenters. The third-order valence-corrected chi connectivity index (χ3v) is 4.48. The van der Waals surface area contributed by atoms with Crippen molar-refractivity contribution in [2.75, 3.05) is 5.32 Å². The van der Waals surface area contributed by atoms with E-state index in [4.69, 9.17) is 23.2 Å². The van der Waals surface area contributed by atoms with Crippen LogP contribution in [0.25, 0.3) is 0 Å². The molecule has 0 spiro atoms. The molecule has 1 aliphatic rings. The molecule has 27 heavy (non-hydrogen) atoms. The summed E-state index contributed by atoms with van der Waals surface area (Å²) >= 11 is 11.8. The molecule has 3 rings (SSSR count). The molecule has 2 aromatic carbocycles. The summed E-state index contributed by atoms with van der Waals surface area (Å²) < 4.78 is 0. The molecule has 0 fully saturated rings. The zero-order chi connectivity index (χ0) is 19.7. The molecule has 138 valence electrons. The second-order valence-electron chi connectivity index (χ2n) is 5.78. The average Bonchev–Trinajstić information content (AvgIpc) is 2.61. The molecule has 0 saturated carbocycles. The number of aliphatic hydroxyl groups excluding tert-OH is 1. The Kier molecular flexibility index (Phi) is 5.12. The molecule has 0 aliphatic heterocycles. The fraction of sp³-hybridized carbons (Fsp3) is 0.0526. The number of ketones is 1. The SMILES string of the molecule is CC1=C(Nc2ccc(O)c(Cl)c2)C(O)=CC(=O)C1=Nc1ccc(O)c(Cl)c1. The number of nitrogens with one attached hydrogen (secondary N) is 1. The summed E-state index contributed by atoms with van der Waals surface area (Å²) in [4.78, 5) is 16.6. The third kappa shape index (κ3) is 3.92. The van der Waals surface area contributed by atoms with E-state index in [0.29, 0.717) is 16.9 Å². The lowest BCUT2D eigenvalue weighted by Crippen LogP contribution is -2.23. The van der Waals surface area contributed by atoms with Crippen molar-refractivity contribution >= 4 is 46.1 Å². The largest absolute Gasteiger partial charge is 0.506 e. The van der Waals surface area contributed by atoms with Gasteiger partial charge in [0.2, 0.25) is 5.78 Å². The van der Waals surface area contributed by atoms with Crippen LogP contribution >= 0.6 is 23.2 Å². The number of phenols is 2. The molecule has 0 bridgehead atoms. The summed E-state index contributed by atoms with van der Waals surface area (Å²) in [5, 5.41) is 32.4. The van der Waals surface area contributed by atoms with Crippen molar-refractivity contribution in [3.63, 3.8) is 0 Å². The summed E-state index contributed by atoms with van der Waals surface area (Å²) in [6.07, 6.45) is 1.05. The maximum Gasteiger partial charge on any atom is 0.208 e. The van der Waals surface area contributed by atoms with Crippen molar-refractivity contribution in [2.45, 2.75) is 6.92 Å². The number of aliphatic imine (C=N–C) groups is 1. The molecule has 0 atom stereocenters. The van der Waals surface area contributed by atoms with E-state index in [2.05, 4.69) is 10.3 Å². The van der Waals surface area contributed by atoms with Crippen LogP contribution in [0.15, 0.2) is 64.5 Å². The Morgan fingerprint density at radius 2 is 1.59 bits per heavy atom. The first kappa shape index (κ1) is 18.8. The average molecular weight is 405 g/mol. The molecule has 2 aromatic rings. The van der Waals surface area contributed by atoms with Crippen molar-refractivity contribution < 1.29 is 20.1 Å². The van der Waals surface area contributed by atoms with E-state index in [9.17, 15) is 20.1 Å². The fourth-order valence-electron chi connectivity index (χ4n) is 2.48. The Labute approximate surface area is 164 Å². The monoisotopic (exact) mass is 404 g/mol. The van der Waals surface area contributed by atoms with Crippen LogP contribution in [0, 0.1) is 0 Å². The number of carbonyl (C=O) groups excluding carboxylic acids is 1. The first-order valence-electron chi connectivity index (χ1n) is 7.75. The smallest absolute Gasteiger partial charge is 0.208 e. The van der Waals surface area contributed by atoms with Gasteiger partial charge in [0, 0.05) is 17.3 Å². The van der Waals surface area contributed by atoms with Gasteiger partial charge in [0.15, 0.2) is 0 Å². The number of allylic oxidation sites excluding steroid dienone is 2. The number of benzene rings is 2. The minimum absolute atomic E-state index is 0.0713. The number of rotatable bonds is 3. The van der Waals surface area contributed by atoms with Gasteiger partial charge in [-0.15, -0.1) is 0 Å². The van der Waals surface area contributed by atoms with E-state index in [0.717, 1.165) is 6.08 Å². The molecular formula is C19H14Cl2N2O4. The predicted molar refractivity (Wildman–Crippen MR) is 105 cm³/mol. The molecule has 8 heteroatoms. The second-order valence-corrected chi connectivity index (χ2v) is 6.60. The number of hydrogen-bond acceptors (Lipinski definition) is 6. The van der Waals surface area contributed by atoms with E-state index in [-0.39, 0.29) is 38.7 Å². The summed E-state index contributed by atoms with van der Waals surface area (Å²) in [5.74, 6) is -0.877. The number of aromatic hydroxyl groups is 2. The van der Waals surface area contributed by atoms with Gasteiger partial charge in [-0.1, -0.05) is 23.2 Å². The molecule has 4 N–H and O–H groups in total. The summed E-state index contributed by atoms with van der Waals surface area (Å²) in [6.45, 7) is 1.63. The highest BCUT2D eigenvalue weighted by Crippen LogP contribution is 2.31. The van der Waals surface area contributed by atoms with Crippen LogP contribution in [0.2, 0.25) is 10.0 Å². The Balaban J connectivity index is 2.02. The molecule has 0 amide bonds. The lowest BCUT2D eigenvalue weighted by molar-refractivity contribution is -0.109. The van der Waals surface area contributed by atoms with Gasteiger partial charge in [-0.05, 0) is 43.3 Å². The van der Waals surface area contributed by atoms with Gasteiger partial charge < -0.3 is 20.6 Å². The van der Waals surface area contributed by atoms with Gasteiger partial charge >= 0.3 is 0 Å². The maximum atomic E-state index is 12.3. The van der Waals surface area contributed by atoms with Crippen molar-refractivity contribution in [2.24, 2.45) is 4.99 Å². The van der Waals surface area contributed by atoms with Crippen molar-refractivity contribution in [3.05, 3.63) is 69.5 Å². The highest BCUT2D eigenvalue weighted by Gasteiger charge is 2.24. The minimum Gasteiger partial charge on any atom is -0.506 e. The van der Waals surface area contributed by atoms with Crippen LogP contribution in [0.3, 0.4) is 0 Å². The highest BCUT2D eigenvalue weighted by atomic mass is 35.5. The number of nitrogens with zero attached hydrogens (tertiary/aromatic N) is 1. The molecule has 0 aromatic heterocycles. The molecular weight excluding hydrogens is 391 g/mol. The summed E-state index contributed by atoms with van der Waals surface area (Å²) in [6, 6.07) is 8.77. The van der Waals surface area contributed by atoms with Crippen LogP contribution in [-0.2, 0) is 4.79 Å². The molecule has 1 aliphatic carbocycles. The maximum absolute atomic E-state index is 12.3. The molecule has 0 saturated heterocycles. The topological polar surface area (TPSA) is 102 Å². The van der Waals surface area contributed by atoms with Crippen LogP contribution in [0.5, 0.6) is 11.5 Å². The fourth-order valence-corrected chi connectivity index (χ4v) is 2.84. The minimum atomic E-state index is -0.469. The Morgan fingerprint density at radius 1 is 0.963 bits per heavy atom. The van der Waals surface area contributed by atoms with Crippen molar-refractivity contribution in [1.29, 1.82) is 0 Å². The highest BCUT2D eigenvalue weighted by molar-refractivity contribution is 6.51. The van der Waals surface area contributed by atoms with Crippen LogP contribution < -0.4 is 5.32 Å². The van der Waals surface area contributed by atoms with Gasteiger partial charge in [-0.25, -0.2) is 4.99 Å². The van der Waals surface area contributed by atoms with E-state index in [1.807, 2.05) is 0 Å². The number of aliphatic hydroxyl groups is 1. The lowest BCUT2D eigenvalue weighted by atomic mass is 9.98. The van der Waals surface area contributed by atoms with E-state index in [1.54, 1.807) is 13.0 Å². The molecule has 6 nitrogen and oxygen atoms in total. The first-order chi connectivity index (χ1) is 12.8. The number of carbonyl (C=O) groups is 1. The normalized spacial score (nSPS) is 15.9. The van der Waals surface area contributed by atoms with Crippen LogP contribution in [-0.4, -0.2) is 26.8 Å². The molecule has 0 radical (unpaired) electrons. The predicted octanol–water partition coefficient (Wildman–Crippen LogP) is 4.89. The lowest BCUT2D eigenvalue weighted by Gasteiger charge is -2.19.